The molecule has 5 heteroatoms. The van der Waals surface area contributed by atoms with Crippen LogP contribution >= 0.6 is 23.4 Å². The summed E-state index contributed by atoms with van der Waals surface area (Å²) in [5.74, 6) is 1.68. The van der Waals surface area contributed by atoms with Gasteiger partial charge in [0.15, 0.2) is 0 Å². The highest BCUT2D eigenvalue weighted by molar-refractivity contribution is 7.98. The summed E-state index contributed by atoms with van der Waals surface area (Å²) >= 11 is 7.90. The van der Waals surface area contributed by atoms with Crippen LogP contribution < -0.4 is 11.1 Å². The molecule has 0 radical (unpaired) electrons. The van der Waals surface area contributed by atoms with E-state index in [1.165, 1.54) is 0 Å². The van der Waals surface area contributed by atoms with E-state index in [-0.39, 0.29) is 5.91 Å². The summed E-state index contributed by atoms with van der Waals surface area (Å²) in [7, 11) is 0. The van der Waals surface area contributed by atoms with Crippen molar-refractivity contribution in [3.8, 4) is 0 Å². The smallest absolute Gasteiger partial charge is 0.238 e. The number of thioether (sulfide) groups is 1. The van der Waals surface area contributed by atoms with Crippen molar-refractivity contribution in [2.24, 2.45) is 11.7 Å². The number of hydrogen-bond donors (Lipinski definition) is 2. The van der Waals surface area contributed by atoms with E-state index in [2.05, 4.69) is 12.2 Å². The van der Waals surface area contributed by atoms with Crippen LogP contribution in [0.4, 0.5) is 0 Å². The summed E-state index contributed by atoms with van der Waals surface area (Å²) in [6, 6.07) is 7.84. The molecular formula is C16H23ClN2OS. The molecule has 1 amide bonds. The Hall–Kier alpha value is -0.710. The number of amides is 1. The van der Waals surface area contributed by atoms with Crippen molar-refractivity contribution in [2.75, 3.05) is 12.3 Å². The molecule has 0 heterocycles. The average Bonchev–Trinajstić information content (AvgIpc) is 3.29. The molecule has 1 aliphatic rings. The highest BCUT2D eigenvalue weighted by Crippen LogP contribution is 2.42. The first kappa shape index (κ1) is 16.7. The lowest BCUT2D eigenvalue weighted by Gasteiger charge is -2.32. The number of nitrogens with two attached hydrogens (primary N) is 1. The van der Waals surface area contributed by atoms with Crippen LogP contribution in [0, 0.1) is 5.92 Å². The minimum atomic E-state index is -0.554. The van der Waals surface area contributed by atoms with Crippen molar-refractivity contribution in [1.82, 2.24) is 5.32 Å². The van der Waals surface area contributed by atoms with Crippen LogP contribution in [0.25, 0.3) is 0 Å². The minimum absolute atomic E-state index is 0.217. The minimum Gasteiger partial charge on any atom is -0.368 e. The number of rotatable bonds is 9. The molecule has 1 atom stereocenters. The summed E-state index contributed by atoms with van der Waals surface area (Å²) in [4.78, 5) is 12.0. The second-order valence-electron chi connectivity index (χ2n) is 5.62. The molecule has 1 aromatic rings. The van der Waals surface area contributed by atoms with E-state index < -0.39 is 5.54 Å². The normalized spacial score (nSPS) is 17.4. The SMILES string of the molecule is CCCNC(CSCc1ccccc1Cl)(C(N)=O)C1CC1. The van der Waals surface area contributed by atoms with Crippen LogP contribution in [0.2, 0.25) is 5.02 Å². The van der Waals surface area contributed by atoms with Gasteiger partial charge in [-0.25, -0.2) is 0 Å². The molecule has 0 spiro atoms. The molecule has 3 N–H and O–H groups in total. The van der Waals surface area contributed by atoms with Crippen LogP contribution in [0.3, 0.4) is 0 Å². The lowest BCUT2D eigenvalue weighted by atomic mass is 9.94. The molecule has 0 aliphatic heterocycles. The van der Waals surface area contributed by atoms with Crippen molar-refractivity contribution in [2.45, 2.75) is 37.5 Å². The molecule has 1 aliphatic carbocycles. The van der Waals surface area contributed by atoms with Crippen molar-refractivity contribution in [3.63, 3.8) is 0 Å². The highest BCUT2D eigenvalue weighted by atomic mass is 35.5. The Morgan fingerprint density at radius 2 is 2.19 bits per heavy atom. The summed E-state index contributed by atoms with van der Waals surface area (Å²) < 4.78 is 0. The third-order valence-electron chi connectivity index (χ3n) is 3.95. The Balaban J connectivity index is 1.99. The molecule has 3 nitrogen and oxygen atoms in total. The largest absolute Gasteiger partial charge is 0.368 e. The van der Waals surface area contributed by atoms with E-state index in [1.54, 1.807) is 11.8 Å². The van der Waals surface area contributed by atoms with Gasteiger partial charge in [-0.15, -0.1) is 0 Å². The standard InChI is InChI=1S/C16H23ClN2OS/c1-2-9-19-16(15(18)20,13-7-8-13)11-21-10-12-5-3-4-6-14(12)17/h3-6,13,19H,2,7-11H2,1H3,(H2,18,20). The molecule has 0 aromatic heterocycles. The number of carbonyl (C=O) groups is 1. The highest BCUT2D eigenvalue weighted by Gasteiger charge is 2.49. The number of nitrogens with one attached hydrogen (secondary N) is 1. The topological polar surface area (TPSA) is 55.1 Å². The van der Waals surface area contributed by atoms with Crippen LogP contribution in [0.1, 0.15) is 31.7 Å². The summed E-state index contributed by atoms with van der Waals surface area (Å²) in [6.45, 7) is 2.93. The first-order valence-electron chi connectivity index (χ1n) is 7.46. The molecule has 1 fully saturated rings. The molecule has 0 saturated heterocycles. The maximum atomic E-state index is 12.0. The van der Waals surface area contributed by atoms with Gasteiger partial charge in [0, 0.05) is 16.5 Å². The van der Waals surface area contributed by atoms with Crippen molar-refractivity contribution in [3.05, 3.63) is 34.9 Å². The lowest BCUT2D eigenvalue weighted by molar-refractivity contribution is -0.124. The first-order chi connectivity index (χ1) is 10.1. The second-order valence-corrected chi connectivity index (χ2v) is 7.01. The van der Waals surface area contributed by atoms with E-state index in [0.717, 1.165) is 42.1 Å². The van der Waals surface area contributed by atoms with Gasteiger partial charge in [-0.05, 0) is 43.4 Å². The van der Waals surface area contributed by atoms with Crippen molar-refractivity contribution < 1.29 is 4.79 Å². The monoisotopic (exact) mass is 326 g/mol. The molecule has 1 unspecified atom stereocenters. The van der Waals surface area contributed by atoms with E-state index in [9.17, 15) is 4.79 Å². The quantitative estimate of drug-likeness (QED) is 0.732. The predicted molar refractivity (Wildman–Crippen MR) is 90.6 cm³/mol. The number of carbonyl (C=O) groups excluding carboxylic acids is 1. The second kappa shape index (κ2) is 7.52. The van der Waals surface area contributed by atoms with Gasteiger partial charge >= 0.3 is 0 Å². The molecule has 0 bridgehead atoms. The summed E-state index contributed by atoms with van der Waals surface area (Å²) in [5.41, 5.74) is 6.27. The third-order valence-corrected chi connectivity index (χ3v) is 5.49. The van der Waals surface area contributed by atoms with Crippen molar-refractivity contribution >= 4 is 29.3 Å². The molecule has 1 aromatic carbocycles. The molecule has 21 heavy (non-hydrogen) atoms. The van der Waals surface area contributed by atoms with Gasteiger partial charge in [-0.3, -0.25) is 4.79 Å². The fourth-order valence-corrected chi connectivity index (χ4v) is 4.19. The van der Waals surface area contributed by atoms with Gasteiger partial charge in [-0.2, -0.15) is 11.8 Å². The van der Waals surface area contributed by atoms with Crippen LogP contribution in [-0.4, -0.2) is 23.7 Å². The van der Waals surface area contributed by atoms with Gasteiger partial charge < -0.3 is 11.1 Å². The third kappa shape index (κ3) is 4.15. The fourth-order valence-electron chi connectivity index (χ4n) is 2.53. The summed E-state index contributed by atoms with van der Waals surface area (Å²) in [5, 5.41) is 4.20. The van der Waals surface area contributed by atoms with E-state index >= 15 is 0 Å². The van der Waals surface area contributed by atoms with Gasteiger partial charge in [-0.1, -0.05) is 36.7 Å². The average molecular weight is 327 g/mol. The van der Waals surface area contributed by atoms with E-state index in [1.807, 2.05) is 24.3 Å². The van der Waals surface area contributed by atoms with Gasteiger partial charge in [0.05, 0.1) is 0 Å². The summed E-state index contributed by atoms with van der Waals surface area (Å²) in [6.07, 6.45) is 3.18. The Morgan fingerprint density at radius 3 is 2.76 bits per heavy atom. The van der Waals surface area contributed by atoms with Crippen LogP contribution in [0.15, 0.2) is 24.3 Å². The predicted octanol–water partition coefficient (Wildman–Crippen LogP) is 3.21. The Bertz CT molecular complexity index is 493. The Labute approximate surface area is 136 Å². The zero-order valence-electron chi connectivity index (χ0n) is 12.4. The first-order valence-corrected chi connectivity index (χ1v) is 8.99. The molecule has 116 valence electrons. The van der Waals surface area contributed by atoms with Crippen LogP contribution in [-0.2, 0) is 10.5 Å². The number of hydrogen-bond acceptors (Lipinski definition) is 3. The fraction of sp³-hybridized carbons (Fsp3) is 0.562. The van der Waals surface area contributed by atoms with E-state index in [0.29, 0.717) is 11.7 Å². The van der Waals surface area contributed by atoms with Gasteiger partial charge in [0.1, 0.15) is 5.54 Å². The van der Waals surface area contributed by atoms with Gasteiger partial charge in [0.25, 0.3) is 0 Å². The number of halogens is 1. The van der Waals surface area contributed by atoms with Crippen molar-refractivity contribution in [1.29, 1.82) is 0 Å². The zero-order chi connectivity index (χ0) is 15.3. The Morgan fingerprint density at radius 1 is 1.48 bits per heavy atom. The van der Waals surface area contributed by atoms with Crippen LogP contribution in [0.5, 0.6) is 0 Å². The Kier molecular flexibility index (Phi) is 5.97. The maximum absolute atomic E-state index is 12.0. The molecule has 2 rings (SSSR count). The number of primary amides is 1. The zero-order valence-corrected chi connectivity index (χ0v) is 14.0. The number of benzene rings is 1. The maximum Gasteiger partial charge on any atom is 0.238 e. The van der Waals surface area contributed by atoms with E-state index in [4.69, 9.17) is 17.3 Å². The molecule has 1 saturated carbocycles. The van der Waals surface area contributed by atoms with Gasteiger partial charge in [0.2, 0.25) is 5.91 Å². The lowest BCUT2D eigenvalue weighted by Crippen LogP contribution is -2.59. The molecular weight excluding hydrogens is 304 g/mol.